The molecule has 0 atom stereocenters. The lowest BCUT2D eigenvalue weighted by Gasteiger charge is -2.14. The van der Waals surface area contributed by atoms with E-state index in [0.717, 1.165) is 12.8 Å². The van der Waals surface area contributed by atoms with Crippen molar-refractivity contribution in [1.29, 1.82) is 5.41 Å². The highest BCUT2D eigenvalue weighted by atomic mass is 16.5. The molecule has 3 aromatic rings. The van der Waals surface area contributed by atoms with Crippen molar-refractivity contribution in [3.8, 4) is 0 Å². The highest BCUT2D eigenvalue weighted by molar-refractivity contribution is 5.96. The summed E-state index contributed by atoms with van der Waals surface area (Å²) in [6.07, 6.45) is 4.09. The van der Waals surface area contributed by atoms with E-state index in [4.69, 9.17) is 10.1 Å². The fraction of sp³-hybridized carbons (Fsp3) is 0.429. The Hall–Kier alpha value is -3.00. The Balaban J connectivity index is 2.08. The molecule has 1 amide bonds. The molecule has 0 unspecified atom stereocenters. The van der Waals surface area contributed by atoms with Gasteiger partial charge in [-0.05, 0) is 38.0 Å². The molecule has 0 aliphatic carbocycles. The van der Waals surface area contributed by atoms with Crippen LogP contribution in [0.3, 0.4) is 0 Å². The second-order valence-corrected chi connectivity index (χ2v) is 6.80. The van der Waals surface area contributed by atoms with Crippen LogP contribution in [-0.4, -0.2) is 39.6 Å². The maximum atomic E-state index is 13.0. The number of aromatic nitrogens is 3. The molecule has 8 nitrogen and oxygen atoms in total. The van der Waals surface area contributed by atoms with E-state index in [1.165, 1.54) is 10.5 Å². The van der Waals surface area contributed by atoms with Gasteiger partial charge < -0.3 is 14.6 Å². The van der Waals surface area contributed by atoms with Gasteiger partial charge in [0.2, 0.25) is 0 Å². The molecule has 0 aliphatic rings. The average molecular weight is 397 g/mol. The quantitative estimate of drug-likeness (QED) is 0.426. The summed E-state index contributed by atoms with van der Waals surface area (Å²) in [5, 5.41) is 11.7. The minimum atomic E-state index is -0.365. The Morgan fingerprint density at radius 1 is 1.28 bits per heavy atom. The van der Waals surface area contributed by atoms with Gasteiger partial charge in [-0.1, -0.05) is 19.4 Å². The number of carbonyl (C=O) groups excluding carboxylic acids is 1. The van der Waals surface area contributed by atoms with Crippen LogP contribution >= 0.6 is 0 Å². The van der Waals surface area contributed by atoms with Gasteiger partial charge in [0, 0.05) is 32.5 Å². The second-order valence-electron chi connectivity index (χ2n) is 6.80. The molecule has 0 aromatic carbocycles. The number of hydrogen-bond donors (Lipinski definition) is 2. The summed E-state index contributed by atoms with van der Waals surface area (Å²) in [6.45, 7) is 6.14. The summed E-state index contributed by atoms with van der Waals surface area (Å²) in [4.78, 5) is 30.4. The van der Waals surface area contributed by atoms with Gasteiger partial charge in [-0.25, -0.2) is 4.98 Å². The molecule has 0 bridgehead atoms. The number of carbonyl (C=O) groups is 1. The van der Waals surface area contributed by atoms with Gasteiger partial charge in [0.15, 0.2) is 0 Å². The standard InChI is InChI=1S/C21H27N5O3/c1-3-5-11-26-18(22)15(20(27)23-10-8-13-29-4-2)14-16-19(26)24-17-9-6-7-12-25(17)21(16)28/h6-7,9,12,14,22H,3-5,8,10-11,13H2,1-2H3,(H,23,27). The van der Waals surface area contributed by atoms with Crippen molar-refractivity contribution < 1.29 is 9.53 Å². The van der Waals surface area contributed by atoms with E-state index >= 15 is 0 Å². The molecular weight excluding hydrogens is 370 g/mol. The molecule has 154 valence electrons. The monoisotopic (exact) mass is 397 g/mol. The van der Waals surface area contributed by atoms with Gasteiger partial charge >= 0.3 is 0 Å². The van der Waals surface area contributed by atoms with Crippen molar-refractivity contribution in [3.05, 3.63) is 51.9 Å². The number of pyridine rings is 2. The number of nitrogens with zero attached hydrogens (tertiary/aromatic N) is 3. The third kappa shape index (κ3) is 4.37. The molecule has 8 heteroatoms. The van der Waals surface area contributed by atoms with Crippen LogP contribution in [0.5, 0.6) is 0 Å². The maximum Gasteiger partial charge on any atom is 0.267 e. The third-order valence-electron chi connectivity index (χ3n) is 4.75. The van der Waals surface area contributed by atoms with Gasteiger partial charge in [0.1, 0.15) is 16.8 Å². The highest BCUT2D eigenvalue weighted by Gasteiger charge is 2.17. The predicted octanol–water partition coefficient (Wildman–Crippen LogP) is 2.09. The smallest absolute Gasteiger partial charge is 0.267 e. The van der Waals surface area contributed by atoms with Crippen LogP contribution in [-0.2, 0) is 11.3 Å². The lowest BCUT2D eigenvalue weighted by molar-refractivity contribution is 0.0942. The molecule has 0 spiro atoms. The summed E-state index contributed by atoms with van der Waals surface area (Å²) in [5.74, 6) is -0.365. The van der Waals surface area contributed by atoms with E-state index in [1.54, 1.807) is 22.9 Å². The first-order valence-corrected chi connectivity index (χ1v) is 10.0. The molecule has 3 rings (SSSR count). The van der Waals surface area contributed by atoms with Crippen LogP contribution in [0.2, 0.25) is 0 Å². The predicted molar refractivity (Wildman–Crippen MR) is 111 cm³/mol. The van der Waals surface area contributed by atoms with E-state index in [0.29, 0.717) is 49.4 Å². The lowest BCUT2D eigenvalue weighted by Crippen LogP contribution is -2.35. The number of hydrogen-bond acceptors (Lipinski definition) is 5. The lowest BCUT2D eigenvalue weighted by atomic mass is 10.2. The third-order valence-corrected chi connectivity index (χ3v) is 4.75. The zero-order valence-electron chi connectivity index (χ0n) is 16.9. The molecule has 29 heavy (non-hydrogen) atoms. The van der Waals surface area contributed by atoms with Crippen molar-refractivity contribution in [2.45, 2.75) is 39.7 Å². The average Bonchev–Trinajstić information content (AvgIpc) is 2.73. The first-order valence-electron chi connectivity index (χ1n) is 10.0. The number of nitrogens with one attached hydrogen (secondary N) is 2. The molecule has 0 aliphatic heterocycles. The normalized spacial score (nSPS) is 11.2. The summed E-state index contributed by atoms with van der Waals surface area (Å²) < 4.78 is 8.40. The van der Waals surface area contributed by atoms with Crippen LogP contribution in [0, 0.1) is 5.41 Å². The van der Waals surface area contributed by atoms with Gasteiger partial charge in [-0.2, -0.15) is 0 Å². The fourth-order valence-electron chi connectivity index (χ4n) is 3.21. The summed E-state index contributed by atoms with van der Waals surface area (Å²) >= 11 is 0. The van der Waals surface area contributed by atoms with Gasteiger partial charge in [-0.3, -0.25) is 19.4 Å². The Morgan fingerprint density at radius 2 is 2.10 bits per heavy atom. The maximum absolute atomic E-state index is 13.0. The molecule has 0 saturated heterocycles. The van der Waals surface area contributed by atoms with Crippen molar-refractivity contribution in [2.75, 3.05) is 19.8 Å². The number of unbranched alkanes of at least 4 members (excludes halogenated alkanes) is 1. The Kier molecular flexibility index (Phi) is 6.77. The van der Waals surface area contributed by atoms with E-state index in [1.807, 2.05) is 13.0 Å². The van der Waals surface area contributed by atoms with Crippen molar-refractivity contribution in [3.63, 3.8) is 0 Å². The second kappa shape index (κ2) is 9.47. The molecule has 0 saturated carbocycles. The SMILES string of the molecule is CCCCn1c(=N)c(C(=O)NCCCOCC)cc2c(=O)n3ccccc3nc21. The number of rotatable bonds is 9. The molecule has 0 radical (unpaired) electrons. The Labute approximate surface area is 168 Å². The number of ether oxygens (including phenoxy) is 1. The summed E-state index contributed by atoms with van der Waals surface area (Å²) in [6, 6.07) is 6.83. The molecule has 3 heterocycles. The first-order chi connectivity index (χ1) is 14.1. The van der Waals surface area contributed by atoms with Crippen molar-refractivity contribution in [2.24, 2.45) is 0 Å². The van der Waals surface area contributed by atoms with Gasteiger partial charge in [-0.15, -0.1) is 0 Å². The van der Waals surface area contributed by atoms with Crippen LogP contribution in [0.4, 0.5) is 0 Å². The largest absolute Gasteiger partial charge is 0.382 e. The molecule has 0 fully saturated rings. The fourth-order valence-corrected chi connectivity index (χ4v) is 3.21. The van der Waals surface area contributed by atoms with Crippen molar-refractivity contribution in [1.82, 2.24) is 19.3 Å². The van der Waals surface area contributed by atoms with E-state index in [-0.39, 0.29) is 22.5 Å². The van der Waals surface area contributed by atoms with Crippen molar-refractivity contribution >= 4 is 22.6 Å². The van der Waals surface area contributed by atoms with Gasteiger partial charge in [0.25, 0.3) is 11.5 Å². The zero-order valence-corrected chi connectivity index (χ0v) is 16.9. The van der Waals surface area contributed by atoms with E-state index < -0.39 is 0 Å². The highest BCUT2D eigenvalue weighted by Crippen LogP contribution is 2.11. The number of aryl methyl sites for hydroxylation is 1. The number of amides is 1. The number of fused-ring (bicyclic) bond motifs is 2. The molecule has 3 aromatic heterocycles. The van der Waals surface area contributed by atoms with Crippen LogP contribution in [0.25, 0.3) is 16.7 Å². The van der Waals surface area contributed by atoms with Crippen LogP contribution < -0.4 is 16.4 Å². The minimum Gasteiger partial charge on any atom is -0.382 e. The van der Waals surface area contributed by atoms with Crippen LogP contribution in [0.1, 0.15) is 43.5 Å². The van der Waals surface area contributed by atoms with E-state index in [9.17, 15) is 9.59 Å². The minimum absolute atomic E-state index is 0.0699. The summed E-state index contributed by atoms with van der Waals surface area (Å²) in [7, 11) is 0. The summed E-state index contributed by atoms with van der Waals surface area (Å²) in [5.41, 5.74) is 0.955. The Morgan fingerprint density at radius 3 is 2.86 bits per heavy atom. The topological polar surface area (TPSA) is 101 Å². The Bertz CT molecular complexity index is 1130. The van der Waals surface area contributed by atoms with E-state index in [2.05, 4.69) is 17.2 Å². The molecular formula is C21H27N5O3. The zero-order chi connectivity index (χ0) is 20.8. The first kappa shape index (κ1) is 20.7. The van der Waals surface area contributed by atoms with Gasteiger partial charge in [0.05, 0.1) is 10.9 Å². The molecule has 2 N–H and O–H groups in total. The van der Waals surface area contributed by atoms with Crippen LogP contribution in [0.15, 0.2) is 35.3 Å².